The van der Waals surface area contributed by atoms with Gasteiger partial charge in [-0.25, -0.2) is 0 Å². The molecule has 0 bridgehead atoms. The van der Waals surface area contributed by atoms with Gasteiger partial charge in [-0.2, -0.15) is 0 Å². The predicted molar refractivity (Wildman–Crippen MR) is 60.7 cm³/mol. The van der Waals surface area contributed by atoms with Crippen LogP contribution in [0.4, 0.5) is 5.69 Å². The Morgan fingerprint density at radius 1 is 1.43 bits per heavy atom. The Labute approximate surface area is 89.5 Å². The molecule has 0 heterocycles. The molecule has 0 spiro atoms. The van der Waals surface area contributed by atoms with Gasteiger partial charge in [0.25, 0.3) is 0 Å². The maximum Gasteiger partial charge on any atom is 0.106 e. The fraction of sp³-hybridized carbons (Fsp3) is 0.222. The number of rotatable bonds is 4. The van der Waals surface area contributed by atoms with Gasteiger partial charge in [-0.15, -0.1) is 12.4 Å². The van der Waals surface area contributed by atoms with E-state index in [-0.39, 0.29) is 12.4 Å². The topological polar surface area (TPSA) is 59.6 Å². The van der Waals surface area contributed by atoms with Crippen molar-refractivity contribution in [2.75, 3.05) is 12.5 Å². The quantitative estimate of drug-likeness (QED) is 0.455. The van der Waals surface area contributed by atoms with Crippen LogP contribution in [0.1, 0.15) is 5.56 Å². The number of hydrogen-bond acceptors (Lipinski definition) is 4. The normalized spacial score (nSPS) is 9.57. The first-order valence-electron chi connectivity index (χ1n) is 3.97. The van der Waals surface area contributed by atoms with E-state index in [4.69, 9.17) is 5.84 Å². The number of nitrogens with two attached hydrogens (primary N) is 1. The van der Waals surface area contributed by atoms with E-state index in [1.807, 2.05) is 24.3 Å². The van der Waals surface area contributed by atoms with Crippen LogP contribution in [-0.2, 0) is 11.3 Å². The summed E-state index contributed by atoms with van der Waals surface area (Å²) in [6.45, 7) is 0. The van der Waals surface area contributed by atoms with E-state index in [1.165, 1.54) is 12.7 Å². The zero-order chi connectivity index (χ0) is 9.52. The number of oxime groups is 1. The van der Waals surface area contributed by atoms with Gasteiger partial charge < -0.3 is 10.3 Å². The molecule has 1 rings (SSSR count). The Hall–Kier alpha value is -1.26. The lowest BCUT2D eigenvalue weighted by molar-refractivity contribution is 0.215. The average Bonchev–Trinajstić information content (AvgIpc) is 2.19. The highest BCUT2D eigenvalue weighted by Gasteiger charge is 1.90. The van der Waals surface area contributed by atoms with Gasteiger partial charge in [0.1, 0.15) is 7.11 Å². The molecule has 0 atom stereocenters. The van der Waals surface area contributed by atoms with E-state index in [0.29, 0.717) is 0 Å². The zero-order valence-electron chi connectivity index (χ0n) is 7.93. The number of halogens is 1. The van der Waals surface area contributed by atoms with Crippen molar-refractivity contribution in [2.24, 2.45) is 11.0 Å². The van der Waals surface area contributed by atoms with Gasteiger partial charge in [-0.1, -0.05) is 17.3 Å². The molecule has 0 amide bonds. The molecule has 1 aromatic rings. The van der Waals surface area contributed by atoms with Crippen molar-refractivity contribution in [1.29, 1.82) is 0 Å². The summed E-state index contributed by atoms with van der Waals surface area (Å²) >= 11 is 0. The first-order chi connectivity index (χ1) is 6.36. The van der Waals surface area contributed by atoms with Crippen LogP contribution in [0.2, 0.25) is 0 Å². The summed E-state index contributed by atoms with van der Waals surface area (Å²) in [4.78, 5) is 4.55. The number of nitrogens with zero attached hydrogens (tertiary/aromatic N) is 1. The molecule has 0 unspecified atom stereocenters. The third kappa shape index (κ3) is 4.11. The summed E-state index contributed by atoms with van der Waals surface area (Å²) in [5, 5.41) is 3.64. The molecule has 0 aliphatic heterocycles. The monoisotopic (exact) mass is 215 g/mol. The minimum Gasteiger partial charge on any atom is -0.399 e. The molecule has 0 saturated heterocycles. The summed E-state index contributed by atoms with van der Waals surface area (Å²) in [6, 6.07) is 7.79. The van der Waals surface area contributed by atoms with Gasteiger partial charge in [-0.05, 0) is 17.7 Å². The summed E-state index contributed by atoms with van der Waals surface area (Å²) in [6.07, 6.45) is 2.48. The first kappa shape index (κ1) is 12.7. The van der Waals surface area contributed by atoms with Crippen LogP contribution in [0.15, 0.2) is 29.4 Å². The SMILES string of the molecule is CON=CCc1ccc(NN)cc1.Cl. The second kappa shape index (κ2) is 7.17. The number of benzene rings is 1. The first-order valence-corrected chi connectivity index (χ1v) is 3.97. The second-order valence-corrected chi connectivity index (χ2v) is 2.52. The molecular formula is C9H14ClN3O. The lowest BCUT2D eigenvalue weighted by Gasteiger charge is -2.00. The van der Waals surface area contributed by atoms with Gasteiger partial charge >= 0.3 is 0 Å². The van der Waals surface area contributed by atoms with Crippen LogP contribution in [0.25, 0.3) is 0 Å². The molecule has 78 valence electrons. The standard InChI is InChI=1S/C9H13N3O.ClH/c1-13-11-7-6-8-2-4-9(12-10)5-3-8;/h2-5,7,12H,6,10H2,1H3;1H. The molecule has 0 saturated carbocycles. The Balaban J connectivity index is 0.00000169. The molecule has 4 nitrogen and oxygen atoms in total. The highest BCUT2D eigenvalue weighted by Crippen LogP contribution is 2.07. The smallest absolute Gasteiger partial charge is 0.106 e. The van der Waals surface area contributed by atoms with Crippen LogP contribution in [0, 0.1) is 0 Å². The Morgan fingerprint density at radius 3 is 2.57 bits per heavy atom. The molecule has 0 aliphatic carbocycles. The van der Waals surface area contributed by atoms with E-state index in [2.05, 4.69) is 15.4 Å². The highest BCUT2D eigenvalue weighted by molar-refractivity contribution is 5.85. The minimum atomic E-state index is 0. The van der Waals surface area contributed by atoms with Crippen molar-refractivity contribution in [2.45, 2.75) is 6.42 Å². The Morgan fingerprint density at radius 2 is 2.07 bits per heavy atom. The molecule has 14 heavy (non-hydrogen) atoms. The van der Waals surface area contributed by atoms with Crippen molar-refractivity contribution in [3.8, 4) is 0 Å². The van der Waals surface area contributed by atoms with E-state index in [9.17, 15) is 0 Å². The fourth-order valence-corrected chi connectivity index (χ4v) is 0.954. The zero-order valence-corrected chi connectivity index (χ0v) is 8.75. The van der Waals surface area contributed by atoms with Crippen LogP contribution in [0.3, 0.4) is 0 Å². The van der Waals surface area contributed by atoms with Gasteiger partial charge in [-0.3, -0.25) is 5.84 Å². The number of hydrogen-bond donors (Lipinski definition) is 2. The van der Waals surface area contributed by atoms with Crippen molar-refractivity contribution in [1.82, 2.24) is 0 Å². The molecule has 0 aromatic heterocycles. The molecule has 0 aliphatic rings. The largest absolute Gasteiger partial charge is 0.399 e. The third-order valence-electron chi connectivity index (χ3n) is 1.63. The van der Waals surface area contributed by atoms with E-state index in [1.54, 1.807) is 6.21 Å². The van der Waals surface area contributed by atoms with E-state index in [0.717, 1.165) is 12.1 Å². The number of anilines is 1. The van der Waals surface area contributed by atoms with Crippen molar-refractivity contribution in [3.05, 3.63) is 29.8 Å². The van der Waals surface area contributed by atoms with Crippen LogP contribution < -0.4 is 11.3 Å². The fourth-order valence-electron chi connectivity index (χ4n) is 0.954. The molecule has 5 heteroatoms. The van der Waals surface area contributed by atoms with Gasteiger partial charge in [0, 0.05) is 18.3 Å². The molecule has 1 aromatic carbocycles. The third-order valence-corrected chi connectivity index (χ3v) is 1.63. The highest BCUT2D eigenvalue weighted by atomic mass is 35.5. The van der Waals surface area contributed by atoms with E-state index < -0.39 is 0 Å². The Bertz CT molecular complexity index is 274. The number of nitrogens with one attached hydrogen (secondary N) is 1. The predicted octanol–water partition coefficient (Wildman–Crippen LogP) is 1.57. The number of hydrazine groups is 1. The maximum absolute atomic E-state index is 5.23. The van der Waals surface area contributed by atoms with Crippen molar-refractivity contribution in [3.63, 3.8) is 0 Å². The van der Waals surface area contributed by atoms with Gasteiger partial charge in [0.05, 0.1) is 0 Å². The Kier molecular flexibility index (Phi) is 6.53. The number of nitrogen functional groups attached to an aromatic ring is 1. The maximum atomic E-state index is 5.23. The molecular weight excluding hydrogens is 202 g/mol. The van der Waals surface area contributed by atoms with Crippen LogP contribution >= 0.6 is 12.4 Å². The second-order valence-electron chi connectivity index (χ2n) is 2.52. The van der Waals surface area contributed by atoms with Crippen LogP contribution in [-0.4, -0.2) is 13.3 Å². The molecule has 0 fully saturated rings. The average molecular weight is 216 g/mol. The lowest BCUT2D eigenvalue weighted by Crippen LogP contribution is -2.06. The van der Waals surface area contributed by atoms with Gasteiger partial charge in [0.2, 0.25) is 0 Å². The van der Waals surface area contributed by atoms with E-state index >= 15 is 0 Å². The summed E-state index contributed by atoms with van der Waals surface area (Å²) in [7, 11) is 1.53. The summed E-state index contributed by atoms with van der Waals surface area (Å²) in [5.74, 6) is 5.23. The van der Waals surface area contributed by atoms with Crippen molar-refractivity contribution >= 4 is 24.3 Å². The molecule has 3 N–H and O–H groups in total. The molecule has 0 radical (unpaired) electrons. The van der Waals surface area contributed by atoms with Crippen LogP contribution in [0.5, 0.6) is 0 Å². The van der Waals surface area contributed by atoms with Gasteiger partial charge in [0.15, 0.2) is 0 Å². The summed E-state index contributed by atoms with van der Waals surface area (Å²) in [5.41, 5.74) is 4.63. The van der Waals surface area contributed by atoms with Crippen molar-refractivity contribution < 1.29 is 4.84 Å². The minimum absolute atomic E-state index is 0. The lowest BCUT2D eigenvalue weighted by atomic mass is 10.1. The summed E-state index contributed by atoms with van der Waals surface area (Å²) < 4.78 is 0.